The molecule has 18 heavy (non-hydrogen) atoms. The highest BCUT2D eigenvalue weighted by Crippen LogP contribution is 2.28. The molecule has 96 valence electrons. The third-order valence-electron chi connectivity index (χ3n) is 3.00. The quantitative estimate of drug-likeness (QED) is 0.899. The lowest BCUT2D eigenvalue weighted by atomic mass is 10.1. The molecule has 1 unspecified atom stereocenters. The van der Waals surface area contributed by atoms with Crippen LogP contribution in [0.25, 0.3) is 0 Å². The summed E-state index contributed by atoms with van der Waals surface area (Å²) < 4.78 is 0. The highest BCUT2D eigenvalue weighted by Gasteiger charge is 2.14. The van der Waals surface area contributed by atoms with Gasteiger partial charge in [0.1, 0.15) is 0 Å². The van der Waals surface area contributed by atoms with Gasteiger partial charge < -0.3 is 5.32 Å². The maximum absolute atomic E-state index is 6.16. The molecule has 2 aromatic heterocycles. The Hall–Kier alpha value is -0.900. The van der Waals surface area contributed by atoms with E-state index >= 15 is 0 Å². The van der Waals surface area contributed by atoms with Gasteiger partial charge in [-0.2, -0.15) is 0 Å². The van der Waals surface area contributed by atoms with Crippen molar-refractivity contribution in [1.29, 1.82) is 0 Å². The molecular weight excluding hydrogens is 264 g/mol. The Bertz CT molecular complexity index is 510. The fraction of sp³-hybridized carbons (Fsp3) is 0.357. The van der Waals surface area contributed by atoms with Gasteiger partial charge in [-0.15, -0.1) is 11.3 Å². The van der Waals surface area contributed by atoms with Crippen molar-refractivity contribution in [1.82, 2.24) is 10.3 Å². The Morgan fingerprint density at radius 1 is 1.39 bits per heavy atom. The van der Waals surface area contributed by atoms with Crippen molar-refractivity contribution in [3.05, 3.63) is 50.9 Å². The first kappa shape index (κ1) is 13.5. The Morgan fingerprint density at radius 2 is 2.22 bits per heavy atom. The predicted octanol–water partition coefficient (Wildman–Crippen LogP) is 3.86. The third-order valence-corrected chi connectivity index (χ3v) is 4.69. The Morgan fingerprint density at radius 3 is 2.83 bits per heavy atom. The second kappa shape index (κ2) is 6.32. The maximum atomic E-state index is 6.16. The van der Waals surface area contributed by atoms with Gasteiger partial charge in [-0.25, -0.2) is 0 Å². The molecule has 0 spiro atoms. The molecule has 0 radical (unpaired) electrons. The molecule has 0 aliphatic rings. The van der Waals surface area contributed by atoms with Gasteiger partial charge in [0.05, 0.1) is 5.02 Å². The standard InChI is InChI=1S/C14H17ClN2S/c1-3-11-4-5-14(18-11)13(16-2)8-10-6-7-17-9-12(10)15/h4-7,9,13,16H,3,8H2,1-2H3. The molecule has 1 atom stereocenters. The number of pyridine rings is 1. The molecule has 2 rings (SSSR count). The van der Waals surface area contributed by atoms with E-state index in [1.807, 2.05) is 24.5 Å². The fourth-order valence-corrected chi connectivity index (χ4v) is 3.17. The number of likely N-dealkylation sites (N-methyl/N-ethyl adjacent to an activating group) is 1. The van der Waals surface area contributed by atoms with Gasteiger partial charge in [-0.05, 0) is 43.7 Å². The fourth-order valence-electron chi connectivity index (χ4n) is 1.91. The van der Waals surface area contributed by atoms with Crippen molar-refractivity contribution in [2.24, 2.45) is 0 Å². The summed E-state index contributed by atoms with van der Waals surface area (Å²) in [4.78, 5) is 6.80. The van der Waals surface area contributed by atoms with Crippen molar-refractivity contribution < 1.29 is 0 Å². The van der Waals surface area contributed by atoms with E-state index in [2.05, 4.69) is 29.4 Å². The lowest BCUT2D eigenvalue weighted by Gasteiger charge is -2.15. The number of aryl methyl sites for hydroxylation is 1. The zero-order valence-corrected chi connectivity index (χ0v) is 12.2. The molecule has 2 heterocycles. The van der Waals surface area contributed by atoms with Crippen LogP contribution in [0.3, 0.4) is 0 Å². The first-order valence-corrected chi connectivity index (χ1v) is 7.28. The van der Waals surface area contributed by atoms with Crippen LogP contribution in [0, 0.1) is 0 Å². The Kier molecular flexibility index (Phi) is 4.75. The highest BCUT2D eigenvalue weighted by atomic mass is 35.5. The van der Waals surface area contributed by atoms with E-state index in [4.69, 9.17) is 11.6 Å². The van der Waals surface area contributed by atoms with Crippen molar-refractivity contribution >= 4 is 22.9 Å². The van der Waals surface area contributed by atoms with Crippen LogP contribution in [-0.2, 0) is 12.8 Å². The molecule has 0 aliphatic carbocycles. The average Bonchev–Trinajstić information content (AvgIpc) is 2.86. The molecule has 2 nitrogen and oxygen atoms in total. The zero-order valence-electron chi connectivity index (χ0n) is 10.6. The summed E-state index contributed by atoms with van der Waals surface area (Å²) in [5.41, 5.74) is 1.14. The van der Waals surface area contributed by atoms with Gasteiger partial charge in [0.25, 0.3) is 0 Å². The Labute approximate surface area is 117 Å². The second-order valence-corrected chi connectivity index (χ2v) is 5.78. The van der Waals surface area contributed by atoms with Gasteiger partial charge in [-0.3, -0.25) is 4.98 Å². The molecule has 0 aliphatic heterocycles. The molecule has 4 heteroatoms. The summed E-state index contributed by atoms with van der Waals surface area (Å²) in [7, 11) is 1.99. The molecular formula is C14H17ClN2S. The second-order valence-electron chi connectivity index (χ2n) is 4.17. The minimum atomic E-state index is 0.315. The molecule has 0 bridgehead atoms. The van der Waals surface area contributed by atoms with E-state index in [-0.39, 0.29) is 0 Å². The van der Waals surface area contributed by atoms with Crippen LogP contribution < -0.4 is 5.32 Å². The van der Waals surface area contributed by atoms with Crippen LogP contribution in [0.2, 0.25) is 5.02 Å². The predicted molar refractivity (Wildman–Crippen MR) is 78.4 cm³/mol. The first-order chi connectivity index (χ1) is 8.74. The number of halogens is 1. The van der Waals surface area contributed by atoms with Gasteiger partial charge in [0.2, 0.25) is 0 Å². The average molecular weight is 281 g/mol. The van der Waals surface area contributed by atoms with Crippen molar-refractivity contribution in [3.8, 4) is 0 Å². The largest absolute Gasteiger partial charge is 0.312 e. The van der Waals surface area contributed by atoms with E-state index < -0.39 is 0 Å². The van der Waals surface area contributed by atoms with E-state index in [0.29, 0.717) is 6.04 Å². The Balaban J connectivity index is 2.17. The van der Waals surface area contributed by atoms with Crippen LogP contribution in [-0.4, -0.2) is 12.0 Å². The minimum absolute atomic E-state index is 0.315. The monoisotopic (exact) mass is 280 g/mol. The summed E-state index contributed by atoms with van der Waals surface area (Å²) in [5.74, 6) is 0. The number of nitrogens with one attached hydrogen (secondary N) is 1. The topological polar surface area (TPSA) is 24.9 Å². The summed E-state index contributed by atoms with van der Waals surface area (Å²) >= 11 is 8.03. The van der Waals surface area contributed by atoms with Crippen LogP contribution in [0.15, 0.2) is 30.6 Å². The maximum Gasteiger partial charge on any atom is 0.0622 e. The molecule has 1 N–H and O–H groups in total. The highest BCUT2D eigenvalue weighted by molar-refractivity contribution is 7.12. The molecule has 0 aromatic carbocycles. The third kappa shape index (κ3) is 3.10. The van der Waals surface area contributed by atoms with Gasteiger partial charge in [0, 0.05) is 28.2 Å². The first-order valence-electron chi connectivity index (χ1n) is 6.08. The van der Waals surface area contributed by atoms with Gasteiger partial charge >= 0.3 is 0 Å². The van der Waals surface area contributed by atoms with Crippen molar-refractivity contribution in [2.75, 3.05) is 7.05 Å². The van der Waals surface area contributed by atoms with E-state index in [0.717, 1.165) is 23.4 Å². The lowest BCUT2D eigenvalue weighted by molar-refractivity contribution is 0.602. The van der Waals surface area contributed by atoms with E-state index in [9.17, 15) is 0 Å². The number of rotatable bonds is 5. The normalized spacial score (nSPS) is 12.6. The minimum Gasteiger partial charge on any atom is -0.312 e. The molecule has 2 aromatic rings. The van der Waals surface area contributed by atoms with E-state index in [1.54, 1.807) is 12.4 Å². The smallest absolute Gasteiger partial charge is 0.0622 e. The van der Waals surface area contributed by atoms with Crippen LogP contribution in [0.5, 0.6) is 0 Å². The number of hydrogen-bond donors (Lipinski definition) is 1. The SMILES string of the molecule is CCc1ccc(C(Cc2ccncc2Cl)NC)s1. The summed E-state index contributed by atoms with van der Waals surface area (Å²) in [6.07, 6.45) is 5.48. The zero-order chi connectivity index (χ0) is 13.0. The van der Waals surface area contributed by atoms with Crippen LogP contribution >= 0.6 is 22.9 Å². The van der Waals surface area contributed by atoms with Crippen molar-refractivity contribution in [2.45, 2.75) is 25.8 Å². The van der Waals surface area contributed by atoms with Gasteiger partial charge in [0.15, 0.2) is 0 Å². The van der Waals surface area contributed by atoms with E-state index in [1.165, 1.54) is 9.75 Å². The number of thiophene rings is 1. The summed E-state index contributed by atoms with van der Waals surface area (Å²) in [5, 5.41) is 4.10. The number of aromatic nitrogens is 1. The number of nitrogens with zero attached hydrogens (tertiary/aromatic N) is 1. The summed E-state index contributed by atoms with van der Waals surface area (Å²) in [6, 6.07) is 6.72. The molecule has 0 amide bonds. The van der Waals surface area contributed by atoms with Crippen LogP contribution in [0.4, 0.5) is 0 Å². The summed E-state index contributed by atoms with van der Waals surface area (Å²) in [6.45, 7) is 2.18. The molecule has 0 fully saturated rings. The molecule has 0 saturated heterocycles. The van der Waals surface area contributed by atoms with Gasteiger partial charge in [-0.1, -0.05) is 18.5 Å². The van der Waals surface area contributed by atoms with Crippen molar-refractivity contribution in [3.63, 3.8) is 0 Å². The lowest BCUT2D eigenvalue weighted by Crippen LogP contribution is -2.17. The van der Waals surface area contributed by atoms with Crippen LogP contribution in [0.1, 0.15) is 28.3 Å². The number of hydrogen-bond acceptors (Lipinski definition) is 3. The molecule has 0 saturated carbocycles.